The van der Waals surface area contributed by atoms with Gasteiger partial charge in [0.2, 0.25) is 0 Å². The standard InChI is InChI=1S/C15H11NO2S2/c17-14-13(9-12-7-4-8-18-12)20-15(19)16(14)10-11-5-2-1-3-6-11/h1-9H,10H2. The molecule has 0 aliphatic carbocycles. The molecule has 0 unspecified atom stereocenters. The highest BCUT2D eigenvalue weighted by molar-refractivity contribution is 8.26. The molecule has 0 N–H and O–H groups in total. The molecule has 100 valence electrons. The Hall–Kier alpha value is -1.85. The number of carbonyl (C=O) groups is 1. The van der Waals surface area contributed by atoms with Gasteiger partial charge in [-0.3, -0.25) is 9.69 Å². The number of furan rings is 1. The zero-order valence-corrected chi connectivity index (χ0v) is 12.1. The number of hydrogen-bond acceptors (Lipinski definition) is 4. The molecule has 2 aromatic rings. The number of thiocarbonyl (C=S) groups is 1. The fourth-order valence-corrected chi connectivity index (χ4v) is 3.14. The number of nitrogens with zero attached hydrogens (tertiary/aromatic N) is 1. The molecule has 0 radical (unpaired) electrons. The Morgan fingerprint density at radius 2 is 2.00 bits per heavy atom. The molecule has 1 aromatic heterocycles. The SMILES string of the molecule is O=C1C(=Cc2ccco2)SC(=S)N1Cc1ccccc1. The second-order valence-electron chi connectivity index (χ2n) is 4.27. The molecule has 1 fully saturated rings. The summed E-state index contributed by atoms with van der Waals surface area (Å²) in [6.07, 6.45) is 3.31. The van der Waals surface area contributed by atoms with E-state index in [1.807, 2.05) is 36.4 Å². The van der Waals surface area contributed by atoms with Crippen LogP contribution < -0.4 is 0 Å². The van der Waals surface area contributed by atoms with Crippen LogP contribution in [0.2, 0.25) is 0 Å². The smallest absolute Gasteiger partial charge is 0.266 e. The Kier molecular flexibility index (Phi) is 3.71. The van der Waals surface area contributed by atoms with E-state index in [1.54, 1.807) is 23.3 Å². The number of carbonyl (C=O) groups excluding carboxylic acids is 1. The Balaban J connectivity index is 1.81. The van der Waals surface area contributed by atoms with E-state index >= 15 is 0 Å². The van der Waals surface area contributed by atoms with Crippen molar-refractivity contribution in [2.45, 2.75) is 6.54 Å². The van der Waals surface area contributed by atoms with Crippen LogP contribution in [-0.2, 0) is 11.3 Å². The third kappa shape index (κ3) is 2.69. The van der Waals surface area contributed by atoms with Crippen molar-refractivity contribution in [2.24, 2.45) is 0 Å². The molecule has 0 spiro atoms. The average molecular weight is 301 g/mol. The van der Waals surface area contributed by atoms with Gasteiger partial charge in [0.25, 0.3) is 5.91 Å². The summed E-state index contributed by atoms with van der Waals surface area (Å²) in [5.41, 5.74) is 1.06. The highest BCUT2D eigenvalue weighted by Gasteiger charge is 2.32. The van der Waals surface area contributed by atoms with E-state index < -0.39 is 0 Å². The van der Waals surface area contributed by atoms with Crippen LogP contribution >= 0.6 is 24.0 Å². The molecule has 1 aromatic carbocycles. The van der Waals surface area contributed by atoms with Crippen molar-refractivity contribution in [1.82, 2.24) is 4.90 Å². The maximum Gasteiger partial charge on any atom is 0.266 e. The van der Waals surface area contributed by atoms with E-state index in [4.69, 9.17) is 16.6 Å². The number of thioether (sulfide) groups is 1. The lowest BCUT2D eigenvalue weighted by Crippen LogP contribution is -2.27. The van der Waals surface area contributed by atoms with Crippen molar-refractivity contribution in [3.8, 4) is 0 Å². The molecule has 5 heteroatoms. The van der Waals surface area contributed by atoms with Crippen LogP contribution in [0.5, 0.6) is 0 Å². The molecule has 0 bridgehead atoms. The summed E-state index contributed by atoms with van der Waals surface area (Å²) < 4.78 is 5.81. The highest BCUT2D eigenvalue weighted by atomic mass is 32.2. The van der Waals surface area contributed by atoms with E-state index in [-0.39, 0.29) is 5.91 Å². The molecule has 2 heterocycles. The van der Waals surface area contributed by atoms with Gasteiger partial charge in [0.05, 0.1) is 17.7 Å². The van der Waals surface area contributed by atoms with E-state index in [0.717, 1.165) is 5.56 Å². The molecule has 20 heavy (non-hydrogen) atoms. The number of rotatable bonds is 3. The van der Waals surface area contributed by atoms with Gasteiger partial charge in [-0.15, -0.1) is 0 Å². The van der Waals surface area contributed by atoms with Crippen LogP contribution in [-0.4, -0.2) is 15.1 Å². The maximum atomic E-state index is 12.4. The van der Waals surface area contributed by atoms with E-state index in [0.29, 0.717) is 21.5 Å². The first-order chi connectivity index (χ1) is 9.74. The number of amides is 1. The fourth-order valence-electron chi connectivity index (χ4n) is 1.90. The molecular formula is C15H11NO2S2. The van der Waals surface area contributed by atoms with Crippen LogP contribution in [0.25, 0.3) is 6.08 Å². The second-order valence-corrected chi connectivity index (χ2v) is 5.94. The van der Waals surface area contributed by atoms with Crippen LogP contribution in [0.4, 0.5) is 0 Å². The lowest BCUT2D eigenvalue weighted by molar-refractivity contribution is -0.122. The first-order valence-corrected chi connectivity index (χ1v) is 7.29. The fraction of sp³-hybridized carbons (Fsp3) is 0.0667. The molecule has 3 nitrogen and oxygen atoms in total. The van der Waals surface area contributed by atoms with Crippen molar-refractivity contribution in [2.75, 3.05) is 0 Å². The molecule has 1 saturated heterocycles. The van der Waals surface area contributed by atoms with Gasteiger partial charge in [0.1, 0.15) is 10.1 Å². The van der Waals surface area contributed by atoms with Crippen molar-refractivity contribution in [3.63, 3.8) is 0 Å². The minimum atomic E-state index is -0.0692. The van der Waals surface area contributed by atoms with E-state index in [1.165, 1.54) is 11.8 Å². The largest absolute Gasteiger partial charge is 0.465 e. The van der Waals surface area contributed by atoms with E-state index in [9.17, 15) is 4.79 Å². The molecule has 1 aliphatic heterocycles. The van der Waals surface area contributed by atoms with Crippen molar-refractivity contribution in [3.05, 3.63) is 65.0 Å². The van der Waals surface area contributed by atoms with Crippen LogP contribution in [0.1, 0.15) is 11.3 Å². The Labute approximate surface area is 126 Å². The maximum absolute atomic E-state index is 12.4. The van der Waals surface area contributed by atoms with Gasteiger partial charge in [0.15, 0.2) is 0 Å². The topological polar surface area (TPSA) is 33.5 Å². The zero-order valence-electron chi connectivity index (χ0n) is 10.5. The zero-order chi connectivity index (χ0) is 13.9. The Morgan fingerprint density at radius 3 is 2.70 bits per heavy atom. The van der Waals surface area contributed by atoms with Gasteiger partial charge < -0.3 is 4.42 Å². The minimum absolute atomic E-state index is 0.0692. The lowest BCUT2D eigenvalue weighted by Gasteiger charge is -2.14. The van der Waals surface area contributed by atoms with Crippen molar-refractivity contribution in [1.29, 1.82) is 0 Å². The van der Waals surface area contributed by atoms with Gasteiger partial charge in [0, 0.05) is 6.08 Å². The molecule has 0 saturated carbocycles. The van der Waals surface area contributed by atoms with Gasteiger partial charge >= 0.3 is 0 Å². The molecule has 0 atom stereocenters. The van der Waals surface area contributed by atoms with Crippen LogP contribution in [0.15, 0.2) is 58.1 Å². The summed E-state index contributed by atoms with van der Waals surface area (Å²) in [5.74, 6) is 0.588. The first-order valence-electron chi connectivity index (χ1n) is 6.07. The van der Waals surface area contributed by atoms with Crippen molar-refractivity contribution >= 4 is 40.3 Å². The quantitative estimate of drug-likeness (QED) is 0.639. The predicted octanol–water partition coefficient (Wildman–Crippen LogP) is 3.68. The summed E-state index contributed by atoms with van der Waals surface area (Å²) in [7, 11) is 0. The summed E-state index contributed by atoms with van der Waals surface area (Å²) in [6, 6.07) is 13.4. The average Bonchev–Trinajstić information content (AvgIpc) is 3.05. The van der Waals surface area contributed by atoms with Gasteiger partial charge in [-0.25, -0.2) is 0 Å². The molecular weight excluding hydrogens is 290 g/mol. The van der Waals surface area contributed by atoms with Gasteiger partial charge in [-0.2, -0.15) is 0 Å². The van der Waals surface area contributed by atoms with Gasteiger partial charge in [-0.1, -0.05) is 54.3 Å². The number of benzene rings is 1. The Morgan fingerprint density at radius 1 is 1.20 bits per heavy atom. The third-order valence-electron chi connectivity index (χ3n) is 2.87. The van der Waals surface area contributed by atoms with Gasteiger partial charge in [-0.05, 0) is 17.7 Å². The highest BCUT2D eigenvalue weighted by Crippen LogP contribution is 2.33. The lowest BCUT2D eigenvalue weighted by atomic mass is 10.2. The summed E-state index contributed by atoms with van der Waals surface area (Å²) in [6.45, 7) is 0.501. The summed E-state index contributed by atoms with van der Waals surface area (Å²) in [5, 5.41) is 0. The minimum Gasteiger partial charge on any atom is -0.465 e. The first kappa shape index (κ1) is 13.1. The van der Waals surface area contributed by atoms with Crippen LogP contribution in [0.3, 0.4) is 0 Å². The second kappa shape index (κ2) is 5.64. The monoisotopic (exact) mass is 301 g/mol. The van der Waals surface area contributed by atoms with Crippen LogP contribution in [0, 0.1) is 0 Å². The number of hydrogen-bond donors (Lipinski definition) is 0. The molecule has 3 rings (SSSR count). The van der Waals surface area contributed by atoms with E-state index in [2.05, 4.69) is 0 Å². The molecule has 1 amide bonds. The third-order valence-corrected chi connectivity index (χ3v) is 4.25. The summed E-state index contributed by atoms with van der Waals surface area (Å²) >= 11 is 6.59. The predicted molar refractivity (Wildman–Crippen MR) is 83.9 cm³/mol. The normalized spacial score (nSPS) is 17.2. The molecule has 1 aliphatic rings. The summed E-state index contributed by atoms with van der Waals surface area (Å²) in [4.78, 5) is 14.6. The van der Waals surface area contributed by atoms with Crippen molar-refractivity contribution < 1.29 is 9.21 Å². The Bertz CT molecular complexity index is 662.